The van der Waals surface area contributed by atoms with Crippen molar-refractivity contribution in [3.8, 4) is 0 Å². The molecule has 15 nitrogen and oxygen atoms in total. The van der Waals surface area contributed by atoms with Crippen LogP contribution in [-0.2, 0) is 60.0 Å². The lowest BCUT2D eigenvalue weighted by atomic mass is 10.1. The standard InChI is InChI=1S/C54H51N15/c1-64-43-22-13-25-46(61-43)67(31-28-40-16-7-4-8-17-40)53-35-50(56-38-59-53)66(3)45-24-15-27-48(63-45)69(33-30-42-20-11-6-12-21-42)54-36-51(57-39-60-54)65(2)44-23-14-26-47(62-44)68(52-34-49(64)55-37-58-52)32-29-41-18-9-5-10-19-41/h4-27,34-39H,28-33H2,1-3H3. The van der Waals surface area contributed by atoms with Crippen LogP contribution in [0.1, 0.15) is 16.7 Å². The summed E-state index contributed by atoms with van der Waals surface area (Å²) in [7, 11) is 5.91. The van der Waals surface area contributed by atoms with E-state index in [1.54, 1.807) is 19.0 Å². The molecule has 0 unspecified atom stereocenters. The van der Waals surface area contributed by atoms with Gasteiger partial charge in [0.15, 0.2) is 0 Å². The van der Waals surface area contributed by atoms with Crippen LogP contribution >= 0.6 is 0 Å². The van der Waals surface area contributed by atoms with Crippen LogP contribution in [0.25, 0.3) is 67.8 Å². The van der Waals surface area contributed by atoms with Crippen LogP contribution in [0.4, 0.5) is 0 Å². The van der Waals surface area contributed by atoms with Gasteiger partial charge in [-0.25, -0.2) is 44.9 Å². The number of aromatic nitrogens is 15. The molecule has 69 heavy (non-hydrogen) atoms. The number of fused-ring (bicyclic) bond motifs is 12. The van der Waals surface area contributed by atoms with Crippen LogP contribution in [0.5, 0.6) is 0 Å². The van der Waals surface area contributed by atoms with Crippen molar-refractivity contribution in [2.75, 3.05) is 0 Å². The summed E-state index contributed by atoms with van der Waals surface area (Å²) in [6.07, 6.45) is 7.06. The van der Waals surface area contributed by atoms with Crippen LogP contribution in [0.2, 0.25) is 0 Å². The minimum absolute atomic E-state index is 0.602. The molecule has 10 aromatic rings. The molecule has 0 aliphatic heterocycles. The van der Waals surface area contributed by atoms with E-state index in [0.717, 1.165) is 36.2 Å². The Morgan fingerprint density at radius 3 is 0.826 bits per heavy atom. The van der Waals surface area contributed by atoms with Gasteiger partial charge in [-0.1, -0.05) is 109 Å². The Kier molecular flexibility index (Phi) is 13.0. The molecule has 12 bridgehead atoms. The molecule has 0 N–H and O–H groups in total. The van der Waals surface area contributed by atoms with Crippen molar-refractivity contribution in [3.05, 3.63) is 199 Å². The lowest BCUT2D eigenvalue weighted by Crippen LogP contribution is -2.09. The van der Waals surface area contributed by atoms with Gasteiger partial charge in [-0.3, -0.25) is 0 Å². The van der Waals surface area contributed by atoms with E-state index in [-0.39, 0.29) is 0 Å². The number of pyridine rings is 3. The van der Waals surface area contributed by atoms with E-state index in [9.17, 15) is 0 Å². The molecule has 0 aliphatic carbocycles. The molecule has 10 rings (SSSR count). The zero-order valence-electron chi connectivity index (χ0n) is 38.8. The normalized spacial score (nSPS) is 11.2. The molecule has 0 amide bonds. The topological polar surface area (TPSA) is 146 Å². The van der Waals surface area contributed by atoms with Crippen molar-refractivity contribution in [3.63, 3.8) is 0 Å². The van der Waals surface area contributed by atoms with Crippen LogP contribution in [0, 0.1) is 0 Å². The molecule has 0 aliphatic rings. The summed E-state index contributed by atoms with van der Waals surface area (Å²) in [6.45, 7) is 1.81. The minimum Gasteiger partial charge on any atom is -0.314 e. The number of hydrogen-bond donors (Lipinski definition) is 0. The first kappa shape index (κ1) is 44.0. The lowest BCUT2D eigenvalue weighted by Gasteiger charge is -2.12. The molecule has 342 valence electrons. The second kappa shape index (κ2) is 20.3. The Labute approximate surface area is 398 Å². The highest BCUT2D eigenvalue weighted by Crippen LogP contribution is 2.16. The van der Waals surface area contributed by atoms with Gasteiger partial charge in [-0.2, -0.15) is 0 Å². The summed E-state index contributed by atoms with van der Waals surface area (Å²) in [5, 5.41) is 0. The van der Waals surface area contributed by atoms with E-state index in [0.29, 0.717) is 70.5 Å². The lowest BCUT2D eigenvalue weighted by molar-refractivity contribution is 0.721. The molecule has 0 atom stereocenters. The molecule has 7 aromatic heterocycles. The minimum atomic E-state index is 0.602. The number of rotatable bonds is 9. The van der Waals surface area contributed by atoms with Gasteiger partial charge in [0, 0.05) is 59.0 Å². The van der Waals surface area contributed by atoms with E-state index >= 15 is 0 Å². The largest absolute Gasteiger partial charge is 0.314 e. The van der Waals surface area contributed by atoms with Gasteiger partial charge in [0.2, 0.25) is 0 Å². The fourth-order valence-electron chi connectivity index (χ4n) is 8.30. The monoisotopic (exact) mass is 909 g/mol. The first-order valence-electron chi connectivity index (χ1n) is 23.0. The molecule has 0 radical (unpaired) electrons. The van der Waals surface area contributed by atoms with Gasteiger partial charge >= 0.3 is 0 Å². The Balaban J connectivity index is 1.29. The summed E-state index contributed by atoms with van der Waals surface area (Å²) in [5.74, 6) is 0. The van der Waals surface area contributed by atoms with Crippen molar-refractivity contribution in [1.82, 2.24) is 72.3 Å². The summed E-state index contributed by atoms with van der Waals surface area (Å²) in [4.78, 5) is 44.6. The maximum atomic E-state index is 5.26. The van der Waals surface area contributed by atoms with Crippen molar-refractivity contribution in [2.24, 2.45) is 21.1 Å². The first-order chi connectivity index (χ1) is 33.9. The average Bonchev–Trinajstić information content (AvgIpc) is 3.41. The van der Waals surface area contributed by atoms with Crippen LogP contribution in [-0.4, -0.2) is 72.3 Å². The van der Waals surface area contributed by atoms with Gasteiger partial charge in [0.05, 0.1) is 0 Å². The van der Waals surface area contributed by atoms with Crippen molar-refractivity contribution < 1.29 is 0 Å². The fourth-order valence-corrected chi connectivity index (χ4v) is 8.30. The molecular formula is C54H51N15. The Morgan fingerprint density at radius 1 is 0.275 bits per heavy atom. The van der Waals surface area contributed by atoms with Gasteiger partial charge in [-0.05, 0) is 72.4 Å². The smallest absolute Gasteiger partial charge is 0.139 e. The van der Waals surface area contributed by atoms with Crippen LogP contribution in [0.3, 0.4) is 0 Å². The van der Waals surface area contributed by atoms with Crippen LogP contribution < -0.4 is 0 Å². The zero-order chi connectivity index (χ0) is 46.9. The second-order valence-corrected chi connectivity index (χ2v) is 16.6. The van der Waals surface area contributed by atoms with E-state index in [4.69, 9.17) is 44.9 Å². The number of aryl methyl sites for hydroxylation is 9. The predicted octanol–water partition coefficient (Wildman–Crippen LogP) is 9.37. The summed E-state index contributed by atoms with van der Waals surface area (Å²) < 4.78 is 12.3. The summed E-state index contributed by atoms with van der Waals surface area (Å²) in [6, 6.07) is 55.3. The third-order valence-electron chi connectivity index (χ3n) is 12.2. The van der Waals surface area contributed by atoms with Gasteiger partial charge in [0.1, 0.15) is 86.7 Å². The highest BCUT2D eigenvalue weighted by atomic mass is 15.2. The SMILES string of the molecule is Cn1c2cc(ncn2)n(CCc2ccccc2)c2cccc(n2)n(C)c2cc(ncn2)n(CCc2ccccc2)c2cccc(n2)n(C)c2cc(ncn2)n(CCc2ccccc2)c2cccc1n2. The molecule has 3 aromatic carbocycles. The van der Waals surface area contributed by atoms with E-state index in [2.05, 4.69) is 86.5 Å². The quantitative estimate of drug-likeness (QED) is 0.138. The number of hydrogen-bond acceptors (Lipinski definition) is 9. The zero-order valence-corrected chi connectivity index (χ0v) is 38.8. The number of nitrogens with zero attached hydrogens (tertiary/aromatic N) is 15. The molecule has 0 fully saturated rings. The first-order valence-corrected chi connectivity index (χ1v) is 23.0. The Bertz CT molecular complexity index is 3170. The molecular weight excluding hydrogens is 859 g/mol. The van der Waals surface area contributed by atoms with Crippen molar-refractivity contribution in [1.29, 1.82) is 0 Å². The fraction of sp³-hybridized carbons (Fsp3) is 0.167. The summed E-state index contributed by atoms with van der Waals surface area (Å²) in [5.41, 5.74) is 11.9. The molecule has 0 saturated carbocycles. The predicted molar refractivity (Wildman–Crippen MR) is 272 cm³/mol. The van der Waals surface area contributed by atoms with E-state index < -0.39 is 0 Å². The van der Waals surface area contributed by atoms with E-state index in [1.165, 1.54) is 16.7 Å². The highest BCUT2D eigenvalue weighted by molar-refractivity contribution is 5.63. The van der Waals surface area contributed by atoms with Crippen molar-refractivity contribution in [2.45, 2.75) is 38.9 Å². The average molecular weight is 910 g/mol. The van der Waals surface area contributed by atoms with Crippen LogP contribution in [0.15, 0.2) is 183 Å². The Morgan fingerprint density at radius 2 is 0.536 bits per heavy atom. The Hall–Kier alpha value is -8.85. The van der Waals surface area contributed by atoms with Gasteiger partial charge in [-0.15, -0.1) is 0 Å². The second-order valence-electron chi connectivity index (χ2n) is 16.6. The van der Waals surface area contributed by atoms with Gasteiger partial charge < -0.3 is 27.4 Å². The molecule has 0 saturated heterocycles. The van der Waals surface area contributed by atoms with E-state index in [1.807, 2.05) is 126 Å². The van der Waals surface area contributed by atoms with Gasteiger partial charge in [0.25, 0.3) is 0 Å². The third kappa shape index (κ3) is 10.1. The third-order valence-corrected chi connectivity index (χ3v) is 12.2. The molecule has 7 heterocycles. The molecule has 0 spiro atoms. The molecule has 15 heteroatoms. The number of benzene rings is 3. The van der Waals surface area contributed by atoms with Crippen molar-refractivity contribution >= 4 is 67.8 Å². The highest BCUT2D eigenvalue weighted by Gasteiger charge is 2.08. The maximum Gasteiger partial charge on any atom is 0.139 e. The maximum absolute atomic E-state index is 5.26. The summed E-state index contributed by atoms with van der Waals surface area (Å²) >= 11 is 0.